The molecule has 0 aliphatic carbocycles. The molecule has 0 aliphatic rings. The fourth-order valence-corrected chi connectivity index (χ4v) is 2.89. The van der Waals surface area contributed by atoms with E-state index in [2.05, 4.69) is 52.5 Å². The van der Waals surface area contributed by atoms with Gasteiger partial charge in [-0.25, -0.2) is 9.97 Å². The Kier molecular flexibility index (Phi) is 5.09. The van der Waals surface area contributed by atoms with Crippen molar-refractivity contribution in [2.75, 3.05) is 18.5 Å². The summed E-state index contributed by atoms with van der Waals surface area (Å²) in [6.45, 7) is 8.06. The Morgan fingerprint density at radius 2 is 2.25 bits per heavy atom. The van der Waals surface area contributed by atoms with Crippen molar-refractivity contribution in [2.45, 2.75) is 33.4 Å². The van der Waals surface area contributed by atoms with Gasteiger partial charge in [0.2, 0.25) is 0 Å². The zero-order valence-electron chi connectivity index (χ0n) is 12.6. The topological polar surface area (TPSA) is 41.1 Å². The van der Waals surface area contributed by atoms with Crippen molar-refractivity contribution < 1.29 is 0 Å². The third-order valence-corrected chi connectivity index (χ3v) is 4.04. The Morgan fingerprint density at radius 1 is 1.45 bits per heavy atom. The van der Waals surface area contributed by atoms with E-state index in [9.17, 15) is 0 Å². The second kappa shape index (κ2) is 6.81. The van der Waals surface area contributed by atoms with Crippen LogP contribution in [0.5, 0.6) is 0 Å². The highest BCUT2D eigenvalue weighted by atomic mass is 32.1. The van der Waals surface area contributed by atoms with Gasteiger partial charge in [0, 0.05) is 30.2 Å². The van der Waals surface area contributed by atoms with Gasteiger partial charge in [-0.05, 0) is 26.5 Å². The first-order valence-corrected chi connectivity index (χ1v) is 7.80. The van der Waals surface area contributed by atoms with E-state index in [0.717, 1.165) is 29.6 Å². The van der Waals surface area contributed by atoms with Crippen LogP contribution < -0.4 is 10.2 Å². The molecular weight excluding hydrogens is 268 g/mol. The summed E-state index contributed by atoms with van der Waals surface area (Å²) in [7, 11) is 2.07. The van der Waals surface area contributed by atoms with Gasteiger partial charge < -0.3 is 10.2 Å². The monoisotopic (exact) mass is 290 g/mol. The molecule has 0 saturated heterocycles. The Hall–Kier alpha value is -1.46. The molecule has 0 aromatic carbocycles. The van der Waals surface area contributed by atoms with Crippen molar-refractivity contribution in [3.63, 3.8) is 0 Å². The smallest absolute Gasteiger partial charge is 0.133 e. The van der Waals surface area contributed by atoms with E-state index in [1.54, 1.807) is 11.3 Å². The lowest BCUT2D eigenvalue weighted by Gasteiger charge is -2.23. The molecule has 0 bridgehead atoms. The quantitative estimate of drug-likeness (QED) is 0.887. The third kappa shape index (κ3) is 3.55. The number of aryl methyl sites for hydroxylation is 1. The van der Waals surface area contributed by atoms with Gasteiger partial charge in [0.05, 0.1) is 17.2 Å². The van der Waals surface area contributed by atoms with Crippen molar-refractivity contribution in [1.82, 2.24) is 15.3 Å². The van der Waals surface area contributed by atoms with Gasteiger partial charge in [-0.1, -0.05) is 13.0 Å². The lowest BCUT2D eigenvalue weighted by molar-refractivity contribution is 0.594. The van der Waals surface area contributed by atoms with E-state index in [4.69, 9.17) is 0 Å². The molecule has 0 aliphatic heterocycles. The molecule has 5 heteroatoms. The first-order valence-electron chi connectivity index (χ1n) is 6.92. The molecule has 1 unspecified atom stereocenters. The molecule has 2 rings (SSSR count). The van der Waals surface area contributed by atoms with Crippen molar-refractivity contribution in [1.29, 1.82) is 0 Å². The van der Waals surface area contributed by atoms with Crippen LogP contribution in [0.25, 0.3) is 0 Å². The highest BCUT2D eigenvalue weighted by molar-refractivity contribution is 7.09. The number of thiazole rings is 1. The van der Waals surface area contributed by atoms with E-state index in [0.29, 0.717) is 6.04 Å². The van der Waals surface area contributed by atoms with Gasteiger partial charge in [0.25, 0.3) is 0 Å². The molecule has 0 spiro atoms. The molecule has 2 heterocycles. The zero-order valence-corrected chi connectivity index (χ0v) is 13.4. The molecule has 1 atom stereocenters. The van der Waals surface area contributed by atoms with Crippen molar-refractivity contribution in [3.8, 4) is 0 Å². The highest BCUT2D eigenvalue weighted by Crippen LogP contribution is 2.24. The number of hydrogen-bond acceptors (Lipinski definition) is 5. The molecule has 0 fully saturated rings. The van der Waals surface area contributed by atoms with Crippen LogP contribution in [0, 0.1) is 6.92 Å². The molecule has 1 N–H and O–H groups in total. The van der Waals surface area contributed by atoms with E-state index in [-0.39, 0.29) is 0 Å². The molecule has 20 heavy (non-hydrogen) atoms. The second-order valence-electron chi connectivity index (χ2n) is 4.91. The Morgan fingerprint density at radius 3 is 2.90 bits per heavy atom. The summed E-state index contributed by atoms with van der Waals surface area (Å²) >= 11 is 1.69. The summed E-state index contributed by atoms with van der Waals surface area (Å²) in [5.74, 6) is 1.02. The number of rotatable bonds is 6. The van der Waals surface area contributed by atoms with Crippen LogP contribution >= 0.6 is 11.3 Å². The molecule has 0 saturated carbocycles. The summed E-state index contributed by atoms with van der Waals surface area (Å²) in [6, 6.07) is 4.43. The zero-order chi connectivity index (χ0) is 14.5. The van der Waals surface area contributed by atoms with E-state index >= 15 is 0 Å². The summed E-state index contributed by atoms with van der Waals surface area (Å²) in [6.07, 6.45) is 1.85. The second-order valence-corrected chi connectivity index (χ2v) is 5.97. The van der Waals surface area contributed by atoms with Crippen molar-refractivity contribution in [3.05, 3.63) is 40.0 Å². The molecule has 108 valence electrons. The van der Waals surface area contributed by atoms with Crippen LogP contribution in [-0.2, 0) is 6.54 Å². The Labute approximate surface area is 124 Å². The Bertz CT molecular complexity index is 552. The average molecular weight is 290 g/mol. The maximum absolute atomic E-state index is 4.55. The number of nitrogens with zero attached hydrogens (tertiary/aromatic N) is 3. The van der Waals surface area contributed by atoms with Gasteiger partial charge >= 0.3 is 0 Å². The molecular formula is C15H22N4S. The van der Waals surface area contributed by atoms with Crippen LogP contribution in [-0.4, -0.2) is 23.6 Å². The standard InChI is InChI=1S/C15H22N4S/c1-5-16-11(2)14-7-6-8-17-15(14)19(4)9-13-10-20-12(3)18-13/h6-8,10-11,16H,5,9H2,1-4H3. The SMILES string of the molecule is CCNC(C)c1cccnc1N(C)Cc1csc(C)n1. The number of aromatic nitrogens is 2. The minimum absolute atomic E-state index is 0.295. The summed E-state index contributed by atoms with van der Waals surface area (Å²) in [5, 5.41) is 6.67. The van der Waals surface area contributed by atoms with Gasteiger partial charge in [-0.2, -0.15) is 0 Å². The van der Waals surface area contributed by atoms with Crippen molar-refractivity contribution >= 4 is 17.2 Å². The lowest BCUT2D eigenvalue weighted by Crippen LogP contribution is -2.24. The first kappa shape index (κ1) is 14.9. The lowest BCUT2D eigenvalue weighted by atomic mass is 10.1. The summed E-state index contributed by atoms with van der Waals surface area (Å²) < 4.78 is 0. The average Bonchev–Trinajstić information content (AvgIpc) is 2.84. The predicted molar refractivity (Wildman–Crippen MR) is 85.3 cm³/mol. The summed E-state index contributed by atoms with van der Waals surface area (Å²) in [5.41, 5.74) is 2.33. The molecule has 0 amide bonds. The van der Waals surface area contributed by atoms with Crippen LogP contribution in [0.15, 0.2) is 23.7 Å². The maximum Gasteiger partial charge on any atom is 0.133 e. The van der Waals surface area contributed by atoms with E-state index in [1.807, 2.05) is 19.2 Å². The van der Waals surface area contributed by atoms with Crippen LogP contribution in [0.1, 0.15) is 36.2 Å². The minimum atomic E-state index is 0.295. The van der Waals surface area contributed by atoms with Gasteiger partial charge in [-0.3, -0.25) is 0 Å². The van der Waals surface area contributed by atoms with Gasteiger partial charge in [-0.15, -0.1) is 11.3 Å². The molecule has 4 nitrogen and oxygen atoms in total. The predicted octanol–water partition coefficient (Wildman–Crippen LogP) is 3.15. The van der Waals surface area contributed by atoms with Crippen LogP contribution in [0.4, 0.5) is 5.82 Å². The normalized spacial score (nSPS) is 12.4. The van der Waals surface area contributed by atoms with Crippen molar-refractivity contribution in [2.24, 2.45) is 0 Å². The number of hydrogen-bond donors (Lipinski definition) is 1. The highest BCUT2D eigenvalue weighted by Gasteiger charge is 2.14. The number of pyridine rings is 1. The molecule has 2 aromatic heterocycles. The minimum Gasteiger partial charge on any atom is -0.353 e. The number of anilines is 1. The summed E-state index contributed by atoms with van der Waals surface area (Å²) in [4.78, 5) is 11.2. The molecule has 0 radical (unpaired) electrons. The largest absolute Gasteiger partial charge is 0.353 e. The van der Waals surface area contributed by atoms with E-state index < -0.39 is 0 Å². The Balaban J connectivity index is 2.18. The third-order valence-electron chi connectivity index (χ3n) is 3.22. The van der Waals surface area contributed by atoms with E-state index in [1.165, 1.54) is 5.56 Å². The van der Waals surface area contributed by atoms with Crippen LogP contribution in [0.2, 0.25) is 0 Å². The number of nitrogens with one attached hydrogen (secondary N) is 1. The fraction of sp³-hybridized carbons (Fsp3) is 0.467. The molecule has 2 aromatic rings. The van der Waals surface area contributed by atoms with Crippen LogP contribution in [0.3, 0.4) is 0 Å². The fourth-order valence-electron chi connectivity index (χ4n) is 2.28. The maximum atomic E-state index is 4.55. The van der Waals surface area contributed by atoms with Gasteiger partial charge in [0.1, 0.15) is 5.82 Å². The van der Waals surface area contributed by atoms with Gasteiger partial charge in [0.15, 0.2) is 0 Å². The first-order chi connectivity index (χ1) is 9.61.